The first-order valence-electron chi connectivity index (χ1n) is 11.7. The van der Waals surface area contributed by atoms with E-state index in [0.29, 0.717) is 5.02 Å². The van der Waals surface area contributed by atoms with Crippen LogP contribution in [-0.2, 0) is 0 Å². The minimum atomic E-state index is 0.0628. The number of nitrogens with zero attached hydrogens (tertiary/aromatic N) is 3. The minimum absolute atomic E-state index is 0.0628. The zero-order valence-corrected chi connectivity index (χ0v) is 20.8. The molecule has 5 aromatic rings. The van der Waals surface area contributed by atoms with Gasteiger partial charge in [-0.15, -0.1) is 0 Å². The summed E-state index contributed by atoms with van der Waals surface area (Å²) < 4.78 is 0. The van der Waals surface area contributed by atoms with Crippen molar-refractivity contribution in [3.63, 3.8) is 0 Å². The molecule has 6 heteroatoms. The smallest absolute Gasteiger partial charge is 0.0832 e. The molecule has 6 rings (SSSR count). The molecule has 1 unspecified atom stereocenters. The van der Waals surface area contributed by atoms with Crippen molar-refractivity contribution in [3.05, 3.63) is 130 Å². The molecule has 1 atom stereocenters. The topological polar surface area (TPSA) is 40.5 Å². The van der Waals surface area contributed by atoms with Gasteiger partial charge in [0.15, 0.2) is 0 Å². The number of hydrogen-bond acceptors (Lipinski definition) is 4. The van der Waals surface area contributed by atoms with Gasteiger partial charge in [-0.05, 0) is 71.8 Å². The molecule has 0 spiro atoms. The second-order valence-electron chi connectivity index (χ2n) is 8.72. The van der Waals surface area contributed by atoms with E-state index in [-0.39, 0.29) is 6.04 Å². The van der Waals surface area contributed by atoms with E-state index in [2.05, 4.69) is 51.7 Å². The van der Waals surface area contributed by atoms with Crippen molar-refractivity contribution in [2.24, 2.45) is 5.10 Å². The van der Waals surface area contributed by atoms with E-state index < -0.39 is 0 Å². The maximum atomic E-state index is 6.17. The minimum Gasteiger partial charge on any atom is -0.355 e. The lowest BCUT2D eigenvalue weighted by molar-refractivity contribution is 0.709. The fraction of sp³-hybridized carbons (Fsp3) is 0.0667. The summed E-state index contributed by atoms with van der Waals surface area (Å²) in [6, 6.07) is 34.5. The van der Waals surface area contributed by atoms with Gasteiger partial charge in [0.25, 0.3) is 0 Å². The van der Waals surface area contributed by atoms with Gasteiger partial charge in [0.1, 0.15) is 0 Å². The van der Waals surface area contributed by atoms with Gasteiger partial charge in [0, 0.05) is 39.4 Å². The first-order valence-corrected chi connectivity index (χ1v) is 12.5. The molecule has 1 N–H and O–H groups in total. The second kappa shape index (κ2) is 9.65. The molecule has 4 aromatic carbocycles. The van der Waals surface area contributed by atoms with Crippen molar-refractivity contribution in [1.29, 1.82) is 0 Å². The van der Waals surface area contributed by atoms with Crippen LogP contribution < -0.4 is 10.3 Å². The van der Waals surface area contributed by atoms with Crippen molar-refractivity contribution in [3.8, 4) is 0 Å². The molecule has 176 valence electrons. The number of fused-ring (bicyclic) bond motifs is 1. The van der Waals surface area contributed by atoms with Crippen molar-refractivity contribution >= 4 is 56.9 Å². The van der Waals surface area contributed by atoms with Crippen LogP contribution in [0, 0.1) is 0 Å². The van der Waals surface area contributed by atoms with E-state index >= 15 is 0 Å². The Hall–Kier alpha value is -3.86. The van der Waals surface area contributed by atoms with Crippen molar-refractivity contribution in [2.75, 3.05) is 10.3 Å². The van der Waals surface area contributed by atoms with E-state index in [4.69, 9.17) is 28.3 Å². The molecule has 4 nitrogen and oxygen atoms in total. The van der Waals surface area contributed by atoms with Gasteiger partial charge in [-0.2, -0.15) is 5.10 Å². The van der Waals surface area contributed by atoms with Crippen molar-refractivity contribution < 1.29 is 0 Å². The lowest BCUT2D eigenvalue weighted by Gasteiger charge is -2.24. The molecule has 1 aliphatic heterocycles. The van der Waals surface area contributed by atoms with Crippen LogP contribution in [-0.4, -0.2) is 10.7 Å². The normalized spacial score (nSPS) is 15.2. The Morgan fingerprint density at radius 3 is 2.42 bits per heavy atom. The van der Waals surface area contributed by atoms with Gasteiger partial charge in [0.2, 0.25) is 0 Å². The number of rotatable bonds is 5. The molecular weight excluding hydrogens is 487 g/mol. The standard InChI is InChI=1S/C30H22Cl2N4/c31-22-11-9-20(10-12-22)28-19-30(36(35-28)25-7-2-1-3-8-25)21-5-4-6-24(17-21)34-27-15-16-33-29-18-23(32)13-14-26(27)29/h1-18,30H,19H2,(H,33,34). The van der Waals surface area contributed by atoms with Crippen molar-refractivity contribution in [1.82, 2.24) is 4.98 Å². The average molecular weight is 509 g/mol. The summed E-state index contributed by atoms with van der Waals surface area (Å²) in [5, 5.41) is 13.2. The zero-order chi connectivity index (χ0) is 24.5. The highest BCUT2D eigenvalue weighted by Gasteiger charge is 2.30. The molecule has 0 radical (unpaired) electrons. The van der Waals surface area contributed by atoms with Crippen molar-refractivity contribution in [2.45, 2.75) is 12.5 Å². The number of nitrogens with one attached hydrogen (secondary N) is 1. The highest BCUT2D eigenvalue weighted by molar-refractivity contribution is 6.31. The Labute approximate surface area is 219 Å². The summed E-state index contributed by atoms with van der Waals surface area (Å²) in [5.74, 6) is 0. The third kappa shape index (κ3) is 4.53. The summed E-state index contributed by atoms with van der Waals surface area (Å²) in [5.41, 5.74) is 7.20. The third-order valence-electron chi connectivity index (χ3n) is 6.36. The fourth-order valence-corrected chi connectivity index (χ4v) is 4.91. The van der Waals surface area contributed by atoms with Crippen LogP contribution in [0.1, 0.15) is 23.6 Å². The molecule has 0 aliphatic carbocycles. The Morgan fingerprint density at radius 1 is 0.778 bits per heavy atom. The van der Waals surface area contributed by atoms with E-state index in [0.717, 1.165) is 50.7 Å². The maximum absolute atomic E-state index is 6.17. The lowest BCUT2D eigenvalue weighted by atomic mass is 9.97. The molecule has 1 aliphatic rings. The maximum Gasteiger partial charge on any atom is 0.0832 e. The highest BCUT2D eigenvalue weighted by atomic mass is 35.5. The van der Waals surface area contributed by atoms with E-state index in [9.17, 15) is 0 Å². The van der Waals surface area contributed by atoms with Gasteiger partial charge in [-0.1, -0.05) is 65.7 Å². The van der Waals surface area contributed by atoms with Gasteiger partial charge < -0.3 is 5.32 Å². The zero-order valence-electron chi connectivity index (χ0n) is 19.3. The predicted octanol–water partition coefficient (Wildman–Crippen LogP) is 8.64. The molecule has 0 fully saturated rings. The average Bonchev–Trinajstić information content (AvgIpc) is 3.35. The largest absolute Gasteiger partial charge is 0.355 e. The predicted molar refractivity (Wildman–Crippen MR) is 151 cm³/mol. The van der Waals surface area contributed by atoms with Crippen LogP contribution >= 0.6 is 23.2 Å². The molecule has 0 saturated heterocycles. The van der Waals surface area contributed by atoms with E-state index in [1.807, 2.05) is 66.7 Å². The quantitative estimate of drug-likeness (QED) is 0.258. The van der Waals surface area contributed by atoms with Crippen LogP contribution in [0.25, 0.3) is 10.9 Å². The number of aromatic nitrogens is 1. The van der Waals surface area contributed by atoms with Gasteiger partial charge in [-0.3, -0.25) is 9.99 Å². The SMILES string of the molecule is Clc1ccc(C2=NN(c3ccccc3)C(c3cccc(Nc4ccnc5cc(Cl)ccc45)c3)C2)cc1. The number of para-hydroxylation sites is 1. The Morgan fingerprint density at radius 2 is 1.58 bits per heavy atom. The van der Waals surface area contributed by atoms with Gasteiger partial charge in [-0.25, -0.2) is 0 Å². The van der Waals surface area contributed by atoms with Crippen LogP contribution in [0.15, 0.2) is 114 Å². The number of anilines is 3. The van der Waals surface area contributed by atoms with Gasteiger partial charge >= 0.3 is 0 Å². The third-order valence-corrected chi connectivity index (χ3v) is 6.85. The summed E-state index contributed by atoms with van der Waals surface area (Å²) in [4.78, 5) is 4.46. The number of benzene rings is 4. The molecule has 2 heterocycles. The van der Waals surface area contributed by atoms with Crippen LogP contribution in [0.2, 0.25) is 10.0 Å². The van der Waals surface area contributed by atoms with Crippen LogP contribution in [0.5, 0.6) is 0 Å². The second-order valence-corrected chi connectivity index (χ2v) is 9.60. The molecule has 0 saturated carbocycles. The van der Waals surface area contributed by atoms with E-state index in [1.165, 1.54) is 5.56 Å². The molecular formula is C30H22Cl2N4. The summed E-state index contributed by atoms with van der Waals surface area (Å²) in [7, 11) is 0. The number of hydrogen-bond donors (Lipinski definition) is 1. The molecule has 0 bridgehead atoms. The summed E-state index contributed by atoms with van der Waals surface area (Å²) in [6.07, 6.45) is 2.59. The Kier molecular flexibility index (Phi) is 6.06. The first kappa shape index (κ1) is 22.6. The first-order chi connectivity index (χ1) is 17.6. The molecule has 0 amide bonds. The van der Waals surface area contributed by atoms with E-state index in [1.54, 1.807) is 6.20 Å². The molecule has 36 heavy (non-hydrogen) atoms. The molecule has 1 aromatic heterocycles. The number of halogens is 2. The summed E-state index contributed by atoms with van der Waals surface area (Å²) >= 11 is 12.3. The number of hydrazone groups is 1. The lowest BCUT2D eigenvalue weighted by Crippen LogP contribution is -2.18. The monoisotopic (exact) mass is 508 g/mol. The van der Waals surface area contributed by atoms with Gasteiger partial charge in [0.05, 0.1) is 23.0 Å². The fourth-order valence-electron chi connectivity index (χ4n) is 4.61. The number of pyridine rings is 1. The van der Waals surface area contributed by atoms with Crippen LogP contribution in [0.3, 0.4) is 0 Å². The Bertz CT molecular complexity index is 1570. The Balaban J connectivity index is 1.34. The summed E-state index contributed by atoms with van der Waals surface area (Å²) in [6.45, 7) is 0. The highest BCUT2D eigenvalue weighted by Crippen LogP contribution is 2.38. The van der Waals surface area contributed by atoms with Crippen LogP contribution in [0.4, 0.5) is 17.1 Å².